The third-order valence-electron chi connectivity index (χ3n) is 3.29. The number of carboxylic acid groups (broad SMARTS) is 1. The number of carbonyl (C=O) groups excluding carboxylic acids is 1. The number of nitrogens with one attached hydrogen (secondary N) is 2. The number of hydrogen-bond acceptors (Lipinski definition) is 4. The number of carbonyl (C=O) groups is 2. The normalized spacial score (nSPS) is 10.0. The fraction of sp³-hybridized carbons (Fsp3) is 0.118. The van der Waals surface area contributed by atoms with Gasteiger partial charge in [0.15, 0.2) is 5.11 Å². The maximum absolute atomic E-state index is 12.3. The zero-order valence-electron chi connectivity index (χ0n) is 13.2. The number of ether oxygens (including phenoxy) is 1. The van der Waals surface area contributed by atoms with Crippen LogP contribution in [0.3, 0.4) is 0 Å². The van der Waals surface area contributed by atoms with Gasteiger partial charge in [-0.3, -0.25) is 10.1 Å². The average Bonchev–Trinajstić information content (AvgIpc) is 2.60. The molecule has 0 aliphatic heterocycles. The van der Waals surface area contributed by atoms with E-state index in [1.165, 1.54) is 25.3 Å². The van der Waals surface area contributed by atoms with Crippen molar-refractivity contribution in [3.05, 3.63) is 64.2 Å². The second-order valence-corrected chi connectivity index (χ2v) is 5.83. The summed E-state index contributed by atoms with van der Waals surface area (Å²) in [6, 6.07) is 11.0. The predicted octanol–water partition coefficient (Wildman–Crippen LogP) is 2.85. The first kappa shape index (κ1) is 18.7. The minimum Gasteiger partial charge on any atom is -0.496 e. The van der Waals surface area contributed by atoms with E-state index in [-0.39, 0.29) is 16.2 Å². The van der Waals surface area contributed by atoms with Crippen LogP contribution in [-0.2, 0) is 6.54 Å². The Hall–Kier alpha value is -2.64. The highest BCUT2D eigenvalue weighted by atomic mass is 35.5. The van der Waals surface area contributed by atoms with Gasteiger partial charge in [0, 0.05) is 11.6 Å². The Morgan fingerprint density at radius 1 is 1.20 bits per heavy atom. The summed E-state index contributed by atoms with van der Waals surface area (Å²) < 4.78 is 5.13. The van der Waals surface area contributed by atoms with Crippen LogP contribution in [0, 0.1) is 0 Å². The van der Waals surface area contributed by atoms with E-state index in [0.717, 1.165) is 5.56 Å². The topological polar surface area (TPSA) is 87.7 Å². The summed E-state index contributed by atoms with van der Waals surface area (Å²) in [4.78, 5) is 23.1. The Kier molecular flexibility index (Phi) is 6.32. The van der Waals surface area contributed by atoms with Crippen LogP contribution in [0.4, 0.5) is 0 Å². The number of aromatic carboxylic acids is 1. The molecule has 0 radical (unpaired) electrons. The summed E-state index contributed by atoms with van der Waals surface area (Å²) in [5, 5.41) is 14.8. The van der Waals surface area contributed by atoms with Crippen molar-refractivity contribution in [3.63, 3.8) is 0 Å². The van der Waals surface area contributed by atoms with Crippen molar-refractivity contribution >= 4 is 40.8 Å². The molecule has 0 heterocycles. The van der Waals surface area contributed by atoms with E-state index >= 15 is 0 Å². The lowest BCUT2D eigenvalue weighted by Crippen LogP contribution is -2.39. The molecule has 0 aliphatic rings. The lowest BCUT2D eigenvalue weighted by Gasteiger charge is -2.12. The molecule has 0 aliphatic carbocycles. The van der Waals surface area contributed by atoms with Gasteiger partial charge in [-0.05, 0) is 48.1 Å². The first-order chi connectivity index (χ1) is 11.9. The monoisotopic (exact) mass is 378 g/mol. The molecule has 0 atom stereocenters. The van der Waals surface area contributed by atoms with Crippen molar-refractivity contribution in [2.75, 3.05) is 7.11 Å². The minimum atomic E-state index is -0.988. The van der Waals surface area contributed by atoms with Crippen molar-refractivity contribution in [2.45, 2.75) is 6.54 Å². The molecule has 8 heteroatoms. The number of thiocarbonyl (C=S) groups is 1. The molecule has 2 aromatic rings. The highest BCUT2D eigenvalue weighted by Gasteiger charge is 2.14. The molecule has 2 aromatic carbocycles. The smallest absolute Gasteiger partial charge is 0.335 e. The van der Waals surface area contributed by atoms with Gasteiger partial charge in [0.25, 0.3) is 5.91 Å². The molecular weight excluding hydrogens is 364 g/mol. The van der Waals surface area contributed by atoms with Gasteiger partial charge in [0.1, 0.15) is 5.75 Å². The molecule has 25 heavy (non-hydrogen) atoms. The van der Waals surface area contributed by atoms with Crippen molar-refractivity contribution in [1.82, 2.24) is 10.6 Å². The standard InChI is InChI=1S/C17H15ClN2O4S/c1-24-14-7-6-12(18)8-13(14)15(21)20-17(25)19-9-10-2-4-11(5-3-10)16(22)23/h2-8H,9H2,1H3,(H,22,23)(H2,19,20,21,25). The quantitative estimate of drug-likeness (QED) is 0.693. The summed E-state index contributed by atoms with van der Waals surface area (Å²) in [5.74, 6) is -1.05. The Labute approximate surface area is 154 Å². The van der Waals surface area contributed by atoms with Gasteiger partial charge in [-0.2, -0.15) is 0 Å². The van der Waals surface area contributed by atoms with Crippen molar-refractivity contribution in [2.24, 2.45) is 0 Å². The van der Waals surface area contributed by atoms with Crippen LogP contribution < -0.4 is 15.4 Å². The van der Waals surface area contributed by atoms with E-state index in [9.17, 15) is 9.59 Å². The molecule has 0 spiro atoms. The molecule has 130 valence electrons. The molecule has 3 N–H and O–H groups in total. The predicted molar refractivity (Wildman–Crippen MR) is 98.3 cm³/mol. The number of hydrogen-bond donors (Lipinski definition) is 3. The summed E-state index contributed by atoms with van der Waals surface area (Å²) in [6.45, 7) is 0.339. The van der Waals surface area contributed by atoms with Crippen LogP contribution in [0.1, 0.15) is 26.3 Å². The van der Waals surface area contributed by atoms with Gasteiger partial charge in [-0.25, -0.2) is 4.79 Å². The number of methoxy groups -OCH3 is 1. The zero-order chi connectivity index (χ0) is 18.4. The number of benzene rings is 2. The van der Waals surface area contributed by atoms with Crippen LogP contribution >= 0.6 is 23.8 Å². The maximum atomic E-state index is 12.3. The molecule has 0 aromatic heterocycles. The first-order valence-electron chi connectivity index (χ1n) is 7.15. The Morgan fingerprint density at radius 2 is 1.88 bits per heavy atom. The number of halogens is 1. The van der Waals surface area contributed by atoms with E-state index in [1.807, 2.05) is 0 Å². The largest absolute Gasteiger partial charge is 0.496 e. The van der Waals surface area contributed by atoms with Crippen LogP contribution in [0.25, 0.3) is 0 Å². The first-order valence-corrected chi connectivity index (χ1v) is 7.94. The molecule has 0 unspecified atom stereocenters. The van der Waals surface area contributed by atoms with Crippen molar-refractivity contribution in [3.8, 4) is 5.75 Å². The lowest BCUT2D eigenvalue weighted by molar-refractivity contribution is 0.0696. The third-order valence-corrected chi connectivity index (χ3v) is 3.77. The van der Waals surface area contributed by atoms with Crippen molar-refractivity contribution < 1.29 is 19.4 Å². The van der Waals surface area contributed by atoms with E-state index in [2.05, 4.69) is 10.6 Å². The molecular formula is C17H15ClN2O4S. The van der Waals surface area contributed by atoms with Crippen LogP contribution in [-0.4, -0.2) is 29.2 Å². The Morgan fingerprint density at radius 3 is 2.48 bits per heavy atom. The second kappa shape index (κ2) is 8.46. The minimum absolute atomic E-state index is 0.134. The molecule has 1 amide bonds. The summed E-state index contributed by atoms with van der Waals surface area (Å²) in [5.41, 5.74) is 1.29. The summed E-state index contributed by atoms with van der Waals surface area (Å²) in [6.07, 6.45) is 0. The maximum Gasteiger partial charge on any atom is 0.335 e. The molecule has 2 rings (SSSR count). The van der Waals surface area contributed by atoms with Gasteiger partial charge in [-0.1, -0.05) is 23.7 Å². The molecule has 0 fully saturated rings. The zero-order valence-corrected chi connectivity index (χ0v) is 14.8. The van der Waals surface area contributed by atoms with E-state index < -0.39 is 11.9 Å². The number of rotatable bonds is 5. The fourth-order valence-corrected chi connectivity index (χ4v) is 2.36. The van der Waals surface area contributed by atoms with Gasteiger partial charge in [-0.15, -0.1) is 0 Å². The number of amides is 1. The third kappa shape index (κ3) is 5.17. The van der Waals surface area contributed by atoms with Gasteiger partial charge in [0.2, 0.25) is 0 Å². The van der Waals surface area contributed by atoms with Gasteiger partial charge >= 0.3 is 5.97 Å². The Bertz CT molecular complexity index is 809. The molecule has 0 saturated heterocycles. The average molecular weight is 379 g/mol. The highest BCUT2D eigenvalue weighted by molar-refractivity contribution is 7.80. The van der Waals surface area contributed by atoms with E-state index in [4.69, 9.17) is 33.7 Å². The summed E-state index contributed by atoms with van der Waals surface area (Å²) in [7, 11) is 1.46. The molecule has 0 bridgehead atoms. The van der Waals surface area contributed by atoms with E-state index in [0.29, 0.717) is 17.3 Å². The van der Waals surface area contributed by atoms with Crippen LogP contribution in [0.5, 0.6) is 5.75 Å². The number of carboxylic acids is 1. The lowest BCUT2D eigenvalue weighted by atomic mass is 10.1. The van der Waals surface area contributed by atoms with Gasteiger partial charge < -0.3 is 15.2 Å². The van der Waals surface area contributed by atoms with Gasteiger partial charge in [0.05, 0.1) is 18.2 Å². The second-order valence-electron chi connectivity index (χ2n) is 4.98. The van der Waals surface area contributed by atoms with Crippen LogP contribution in [0.2, 0.25) is 5.02 Å². The Balaban J connectivity index is 1.95. The summed E-state index contributed by atoms with van der Waals surface area (Å²) >= 11 is 11.0. The SMILES string of the molecule is COc1ccc(Cl)cc1C(=O)NC(=S)NCc1ccc(C(=O)O)cc1. The molecule has 6 nitrogen and oxygen atoms in total. The fourth-order valence-electron chi connectivity index (χ4n) is 2.02. The highest BCUT2D eigenvalue weighted by Crippen LogP contribution is 2.22. The van der Waals surface area contributed by atoms with E-state index in [1.54, 1.807) is 24.3 Å². The van der Waals surface area contributed by atoms with Crippen LogP contribution in [0.15, 0.2) is 42.5 Å². The van der Waals surface area contributed by atoms with Crippen molar-refractivity contribution in [1.29, 1.82) is 0 Å². The molecule has 0 saturated carbocycles.